The minimum absolute atomic E-state index is 0.154. The normalized spacial score (nSPS) is 10.2. The van der Waals surface area contributed by atoms with E-state index in [4.69, 9.17) is 27.9 Å². The molecular formula is C18H18Cl2N2O3. The molecule has 132 valence electrons. The summed E-state index contributed by atoms with van der Waals surface area (Å²) in [5, 5.41) is 3.67. The maximum atomic E-state index is 12.1. The lowest BCUT2D eigenvalue weighted by Gasteiger charge is -2.22. The van der Waals surface area contributed by atoms with Crippen LogP contribution < -0.4 is 15.0 Å². The molecule has 0 saturated heterocycles. The van der Waals surface area contributed by atoms with Crippen molar-refractivity contribution < 1.29 is 14.3 Å². The fraction of sp³-hybridized carbons (Fsp3) is 0.222. The Hall–Kier alpha value is -2.24. The summed E-state index contributed by atoms with van der Waals surface area (Å²) in [4.78, 5) is 25.6. The summed E-state index contributed by atoms with van der Waals surface area (Å²) in [5.74, 6) is 0.125. The summed E-state index contributed by atoms with van der Waals surface area (Å²) < 4.78 is 5.11. The van der Waals surface area contributed by atoms with Crippen molar-refractivity contribution >= 4 is 40.7 Å². The fourth-order valence-electron chi connectivity index (χ4n) is 2.30. The van der Waals surface area contributed by atoms with Crippen LogP contribution in [0.4, 0.5) is 5.69 Å². The standard InChI is InChI=1S/C18H18Cl2N2O3/c1-12(23)22(15-6-7-17(25-2)16(20)11-15)9-8-21-18(24)13-4-3-5-14(19)10-13/h3-7,10-11H,8-9H2,1-2H3,(H,21,24). The molecule has 2 rings (SSSR count). The highest BCUT2D eigenvalue weighted by Gasteiger charge is 2.14. The van der Waals surface area contributed by atoms with Gasteiger partial charge in [-0.1, -0.05) is 29.3 Å². The average Bonchev–Trinajstić information content (AvgIpc) is 2.58. The number of methoxy groups -OCH3 is 1. The molecule has 2 aromatic carbocycles. The maximum Gasteiger partial charge on any atom is 0.251 e. The molecule has 0 saturated carbocycles. The van der Waals surface area contributed by atoms with E-state index in [-0.39, 0.29) is 18.4 Å². The van der Waals surface area contributed by atoms with Gasteiger partial charge in [-0.3, -0.25) is 9.59 Å². The summed E-state index contributed by atoms with van der Waals surface area (Å²) in [5.41, 5.74) is 1.10. The third kappa shape index (κ3) is 5.11. The minimum Gasteiger partial charge on any atom is -0.495 e. The smallest absolute Gasteiger partial charge is 0.251 e. The SMILES string of the molecule is COc1ccc(N(CCNC(=O)c2cccc(Cl)c2)C(C)=O)cc1Cl. The van der Waals surface area contributed by atoms with Crippen molar-refractivity contribution in [1.82, 2.24) is 5.32 Å². The zero-order valence-electron chi connectivity index (χ0n) is 13.9. The van der Waals surface area contributed by atoms with Gasteiger partial charge in [-0.25, -0.2) is 0 Å². The Morgan fingerprint density at radius 1 is 1.16 bits per heavy atom. The van der Waals surface area contributed by atoms with Crippen LogP contribution in [0.1, 0.15) is 17.3 Å². The fourth-order valence-corrected chi connectivity index (χ4v) is 2.75. The van der Waals surface area contributed by atoms with E-state index in [1.165, 1.54) is 18.9 Å². The topological polar surface area (TPSA) is 58.6 Å². The highest BCUT2D eigenvalue weighted by atomic mass is 35.5. The van der Waals surface area contributed by atoms with Crippen LogP contribution in [-0.2, 0) is 4.79 Å². The van der Waals surface area contributed by atoms with Crippen LogP contribution in [0.5, 0.6) is 5.75 Å². The van der Waals surface area contributed by atoms with E-state index in [0.29, 0.717) is 33.6 Å². The lowest BCUT2D eigenvalue weighted by Crippen LogP contribution is -2.37. The zero-order valence-corrected chi connectivity index (χ0v) is 15.4. The van der Waals surface area contributed by atoms with E-state index in [1.54, 1.807) is 42.5 Å². The number of hydrogen-bond donors (Lipinski definition) is 1. The molecule has 0 aromatic heterocycles. The van der Waals surface area contributed by atoms with E-state index in [1.807, 2.05) is 0 Å². The first kappa shape index (κ1) is 19.1. The highest BCUT2D eigenvalue weighted by molar-refractivity contribution is 6.32. The number of carbonyl (C=O) groups excluding carboxylic acids is 2. The number of ether oxygens (including phenoxy) is 1. The molecular weight excluding hydrogens is 363 g/mol. The number of benzene rings is 2. The number of nitrogens with zero attached hydrogens (tertiary/aromatic N) is 1. The molecule has 0 unspecified atom stereocenters. The highest BCUT2D eigenvalue weighted by Crippen LogP contribution is 2.29. The third-order valence-electron chi connectivity index (χ3n) is 3.53. The van der Waals surface area contributed by atoms with Crippen LogP contribution in [0.15, 0.2) is 42.5 Å². The summed E-state index contributed by atoms with van der Waals surface area (Å²) in [6.45, 7) is 2.05. The largest absolute Gasteiger partial charge is 0.495 e. The second-order valence-electron chi connectivity index (χ2n) is 5.26. The van der Waals surface area contributed by atoms with Gasteiger partial charge in [0.15, 0.2) is 0 Å². The Kier molecular flexibility index (Phi) is 6.67. The first-order valence-electron chi connectivity index (χ1n) is 7.57. The molecule has 2 amide bonds. The van der Waals surface area contributed by atoms with Gasteiger partial charge in [0.2, 0.25) is 5.91 Å². The van der Waals surface area contributed by atoms with Crippen LogP contribution in [0.3, 0.4) is 0 Å². The summed E-state index contributed by atoms with van der Waals surface area (Å²) in [7, 11) is 1.52. The number of hydrogen-bond acceptors (Lipinski definition) is 3. The molecule has 0 aliphatic heterocycles. The summed E-state index contributed by atoms with van der Waals surface area (Å²) in [6.07, 6.45) is 0. The van der Waals surface area contributed by atoms with Gasteiger partial charge in [-0.05, 0) is 36.4 Å². The van der Waals surface area contributed by atoms with Crippen LogP contribution in [0.25, 0.3) is 0 Å². The van der Waals surface area contributed by atoms with Crippen LogP contribution in [-0.4, -0.2) is 32.0 Å². The predicted octanol–water partition coefficient (Wildman–Crippen LogP) is 3.78. The van der Waals surface area contributed by atoms with E-state index < -0.39 is 0 Å². The van der Waals surface area contributed by atoms with E-state index in [0.717, 1.165) is 0 Å². The minimum atomic E-state index is -0.251. The summed E-state index contributed by atoms with van der Waals surface area (Å²) in [6, 6.07) is 11.8. The van der Waals surface area contributed by atoms with Crippen LogP contribution >= 0.6 is 23.2 Å². The van der Waals surface area contributed by atoms with Crippen molar-refractivity contribution in [3.63, 3.8) is 0 Å². The van der Waals surface area contributed by atoms with Gasteiger partial charge in [0, 0.05) is 36.3 Å². The molecule has 0 radical (unpaired) electrons. The van der Waals surface area contributed by atoms with Crippen molar-refractivity contribution in [3.05, 3.63) is 58.1 Å². The number of nitrogens with one attached hydrogen (secondary N) is 1. The van der Waals surface area contributed by atoms with Crippen molar-refractivity contribution in [1.29, 1.82) is 0 Å². The Morgan fingerprint density at radius 3 is 2.52 bits per heavy atom. The molecule has 0 aliphatic carbocycles. The number of amides is 2. The van der Waals surface area contributed by atoms with Crippen molar-refractivity contribution in [2.24, 2.45) is 0 Å². The van der Waals surface area contributed by atoms with Gasteiger partial charge in [0.1, 0.15) is 5.75 Å². The van der Waals surface area contributed by atoms with Gasteiger partial charge < -0.3 is 15.0 Å². The predicted molar refractivity (Wildman–Crippen MR) is 99.8 cm³/mol. The quantitative estimate of drug-likeness (QED) is 0.829. The molecule has 2 aromatic rings. The number of rotatable bonds is 6. The van der Waals surface area contributed by atoms with Gasteiger partial charge in [-0.15, -0.1) is 0 Å². The van der Waals surface area contributed by atoms with Gasteiger partial charge >= 0.3 is 0 Å². The molecule has 0 aliphatic rings. The maximum absolute atomic E-state index is 12.1. The Bertz CT molecular complexity index is 781. The van der Waals surface area contributed by atoms with Crippen molar-refractivity contribution in [2.75, 3.05) is 25.1 Å². The first-order valence-corrected chi connectivity index (χ1v) is 8.33. The molecule has 0 heterocycles. The lowest BCUT2D eigenvalue weighted by atomic mass is 10.2. The molecule has 25 heavy (non-hydrogen) atoms. The number of anilines is 1. The van der Waals surface area contributed by atoms with Crippen molar-refractivity contribution in [2.45, 2.75) is 6.92 Å². The van der Waals surface area contributed by atoms with Crippen molar-refractivity contribution in [3.8, 4) is 5.75 Å². The second-order valence-corrected chi connectivity index (χ2v) is 6.10. The van der Waals surface area contributed by atoms with Gasteiger partial charge in [0.05, 0.1) is 12.1 Å². The van der Waals surface area contributed by atoms with Crippen LogP contribution in [0.2, 0.25) is 10.0 Å². The van der Waals surface area contributed by atoms with E-state index in [9.17, 15) is 9.59 Å². The number of halogens is 2. The van der Waals surface area contributed by atoms with Crippen LogP contribution in [0, 0.1) is 0 Å². The Balaban J connectivity index is 2.01. The molecule has 0 bridgehead atoms. The monoisotopic (exact) mass is 380 g/mol. The Labute approximate surface area is 156 Å². The van der Waals surface area contributed by atoms with Gasteiger partial charge in [-0.2, -0.15) is 0 Å². The third-order valence-corrected chi connectivity index (χ3v) is 4.07. The molecule has 1 N–H and O–H groups in total. The van der Waals surface area contributed by atoms with E-state index >= 15 is 0 Å². The molecule has 0 atom stereocenters. The van der Waals surface area contributed by atoms with E-state index in [2.05, 4.69) is 5.32 Å². The number of carbonyl (C=O) groups is 2. The first-order chi connectivity index (χ1) is 11.9. The molecule has 5 nitrogen and oxygen atoms in total. The average molecular weight is 381 g/mol. The van der Waals surface area contributed by atoms with Gasteiger partial charge in [0.25, 0.3) is 5.91 Å². The molecule has 7 heteroatoms. The molecule has 0 fully saturated rings. The Morgan fingerprint density at radius 2 is 1.92 bits per heavy atom. The second kappa shape index (κ2) is 8.74. The lowest BCUT2D eigenvalue weighted by molar-refractivity contribution is -0.116. The zero-order chi connectivity index (χ0) is 18.4. The summed E-state index contributed by atoms with van der Waals surface area (Å²) >= 11 is 12.0. The molecule has 0 spiro atoms.